The summed E-state index contributed by atoms with van der Waals surface area (Å²) in [6, 6.07) is 10.6. The predicted molar refractivity (Wildman–Crippen MR) is 83.5 cm³/mol. The van der Waals surface area contributed by atoms with Crippen LogP contribution in [0.4, 0.5) is 0 Å². The van der Waals surface area contributed by atoms with Gasteiger partial charge in [-0.05, 0) is 23.6 Å². The van der Waals surface area contributed by atoms with E-state index in [0.717, 1.165) is 23.6 Å². The lowest BCUT2D eigenvalue weighted by Crippen LogP contribution is -2.14. The van der Waals surface area contributed by atoms with Crippen LogP contribution in [0.1, 0.15) is 39.1 Å². The number of hydrogen-bond donors (Lipinski definition) is 1. The van der Waals surface area contributed by atoms with Crippen LogP contribution in [0.2, 0.25) is 0 Å². The standard InChI is InChI=1S/C17H23N3/c1-5-18-12-16-19-11-10-15(20-16)13-6-8-14(9-7-13)17(2,3)4/h6-11,18H,5,12H2,1-4H3. The summed E-state index contributed by atoms with van der Waals surface area (Å²) in [5, 5.41) is 3.25. The molecular formula is C17H23N3. The molecule has 0 amide bonds. The molecule has 3 nitrogen and oxygen atoms in total. The Kier molecular flexibility index (Phi) is 4.50. The summed E-state index contributed by atoms with van der Waals surface area (Å²) in [5.41, 5.74) is 3.63. The topological polar surface area (TPSA) is 37.8 Å². The molecule has 3 heteroatoms. The molecule has 0 saturated heterocycles. The number of benzene rings is 1. The Morgan fingerprint density at radius 1 is 1.05 bits per heavy atom. The molecule has 1 heterocycles. The Balaban J connectivity index is 2.23. The fourth-order valence-corrected chi connectivity index (χ4v) is 2.02. The van der Waals surface area contributed by atoms with Gasteiger partial charge in [-0.25, -0.2) is 9.97 Å². The molecule has 0 unspecified atom stereocenters. The van der Waals surface area contributed by atoms with Gasteiger partial charge >= 0.3 is 0 Å². The SMILES string of the molecule is CCNCc1nccc(-c2ccc(C(C)(C)C)cc2)n1. The largest absolute Gasteiger partial charge is 0.310 e. The molecule has 2 aromatic rings. The molecule has 0 saturated carbocycles. The molecule has 0 bridgehead atoms. The molecule has 0 radical (unpaired) electrons. The molecular weight excluding hydrogens is 246 g/mol. The number of aromatic nitrogens is 2. The molecule has 106 valence electrons. The van der Waals surface area contributed by atoms with E-state index in [2.05, 4.69) is 67.2 Å². The number of hydrogen-bond acceptors (Lipinski definition) is 3. The lowest BCUT2D eigenvalue weighted by atomic mass is 9.86. The summed E-state index contributed by atoms with van der Waals surface area (Å²) in [4.78, 5) is 8.88. The van der Waals surface area contributed by atoms with E-state index >= 15 is 0 Å². The highest BCUT2D eigenvalue weighted by molar-refractivity contribution is 5.59. The summed E-state index contributed by atoms with van der Waals surface area (Å²) < 4.78 is 0. The second-order valence-electron chi connectivity index (χ2n) is 5.97. The van der Waals surface area contributed by atoms with Crippen molar-refractivity contribution in [3.05, 3.63) is 47.9 Å². The molecule has 0 aliphatic rings. The van der Waals surface area contributed by atoms with E-state index in [1.54, 1.807) is 0 Å². The third kappa shape index (κ3) is 3.64. The van der Waals surface area contributed by atoms with E-state index < -0.39 is 0 Å². The van der Waals surface area contributed by atoms with Crippen LogP contribution in [0.15, 0.2) is 36.5 Å². The quantitative estimate of drug-likeness (QED) is 0.922. The molecule has 1 aromatic heterocycles. The van der Waals surface area contributed by atoms with Crippen molar-refractivity contribution < 1.29 is 0 Å². The maximum Gasteiger partial charge on any atom is 0.142 e. The van der Waals surface area contributed by atoms with Crippen molar-refractivity contribution in [3.8, 4) is 11.3 Å². The van der Waals surface area contributed by atoms with E-state index in [4.69, 9.17) is 0 Å². The van der Waals surface area contributed by atoms with Crippen molar-refractivity contribution in [2.45, 2.75) is 39.7 Å². The Labute approximate surface area is 121 Å². The predicted octanol–water partition coefficient (Wildman–Crippen LogP) is 3.55. The summed E-state index contributed by atoms with van der Waals surface area (Å²) in [6.45, 7) is 10.4. The first-order chi connectivity index (χ1) is 9.50. The van der Waals surface area contributed by atoms with Crippen molar-refractivity contribution in [3.63, 3.8) is 0 Å². The molecule has 0 spiro atoms. The maximum absolute atomic E-state index is 4.60. The maximum atomic E-state index is 4.60. The highest BCUT2D eigenvalue weighted by Gasteiger charge is 2.13. The minimum atomic E-state index is 0.181. The molecule has 0 atom stereocenters. The van der Waals surface area contributed by atoms with Crippen molar-refractivity contribution in [2.24, 2.45) is 0 Å². The van der Waals surface area contributed by atoms with Gasteiger partial charge in [-0.15, -0.1) is 0 Å². The average Bonchev–Trinajstić information content (AvgIpc) is 2.45. The van der Waals surface area contributed by atoms with Gasteiger partial charge in [0.2, 0.25) is 0 Å². The average molecular weight is 269 g/mol. The Morgan fingerprint density at radius 2 is 1.75 bits per heavy atom. The van der Waals surface area contributed by atoms with E-state index in [9.17, 15) is 0 Å². The molecule has 0 fully saturated rings. The van der Waals surface area contributed by atoms with Crippen LogP contribution >= 0.6 is 0 Å². The summed E-state index contributed by atoms with van der Waals surface area (Å²) >= 11 is 0. The number of nitrogens with zero attached hydrogens (tertiary/aromatic N) is 2. The minimum Gasteiger partial charge on any atom is -0.310 e. The van der Waals surface area contributed by atoms with Gasteiger partial charge in [-0.3, -0.25) is 0 Å². The Morgan fingerprint density at radius 3 is 2.35 bits per heavy atom. The van der Waals surface area contributed by atoms with Crippen molar-refractivity contribution >= 4 is 0 Å². The second kappa shape index (κ2) is 6.14. The van der Waals surface area contributed by atoms with E-state index in [1.807, 2.05) is 12.3 Å². The third-order valence-corrected chi connectivity index (χ3v) is 3.29. The highest BCUT2D eigenvalue weighted by Crippen LogP contribution is 2.25. The van der Waals surface area contributed by atoms with Crippen LogP contribution in [0, 0.1) is 0 Å². The molecule has 20 heavy (non-hydrogen) atoms. The first-order valence-corrected chi connectivity index (χ1v) is 7.14. The fourth-order valence-electron chi connectivity index (χ4n) is 2.02. The second-order valence-corrected chi connectivity index (χ2v) is 5.97. The smallest absolute Gasteiger partial charge is 0.142 e. The van der Waals surface area contributed by atoms with Gasteiger partial charge in [0, 0.05) is 11.8 Å². The lowest BCUT2D eigenvalue weighted by Gasteiger charge is -2.19. The van der Waals surface area contributed by atoms with Crippen LogP contribution in [0.3, 0.4) is 0 Å². The summed E-state index contributed by atoms with van der Waals surface area (Å²) in [7, 11) is 0. The van der Waals surface area contributed by atoms with Crippen LogP contribution in [0.5, 0.6) is 0 Å². The molecule has 0 aliphatic heterocycles. The minimum absolute atomic E-state index is 0.181. The van der Waals surface area contributed by atoms with E-state index in [-0.39, 0.29) is 5.41 Å². The van der Waals surface area contributed by atoms with Gasteiger partial charge in [-0.2, -0.15) is 0 Å². The van der Waals surface area contributed by atoms with E-state index in [1.165, 1.54) is 5.56 Å². The van der Waals surface area contributed by atoms with Crippen LogP contribution in [-0.4, -0.2) is 16.5 Å². The van der Waals surface area contributed by atoms with Crippen molar-refractivity contribution in [2.75, 3.05) is 6.54 Å². The molecule has 0 aliphatic carbocycles. The van der Waals surface area contributed by atoms with E-state index in [0.29, 0.717) is 6.54 Å². The van der Waals surface area contributed by atoms with Crippen LogP contribution in [0.25, 0.3) is 11.3 Å². The van der Waals surface area contributed by atoms with Crippen molar-refractivity contribution in [1.82, 2.24) is 15.3 Å². The van der Waals surface area contributed by atoms with Gasteiger partial charge < -0.3 is 5.32 Å². The summed E-state index contributed by atoms with van der Waals surface area (Å²) in [5.74, 6) is 0.837. The van der Waals surface area contributed by atoms with Gasteiger partial charge in [0.05, 0.1) is 12.2 Å². The monoisotopic (exact) mass is 269 g/mol. The normalized spacial score (nSPS) is 11.6. The van der Waals surface area contributed by atoms with Crippen LogP contribution in [-0.2, 0) is 12.0 Å². The lowest BCUT2D eigenvalue weighted by molar-refractivity contribution is 0.590. The zero-order valence-electron chi connectivity index (χ0n) is 12.8. The van der Waals surface area contributed by atoms with Crippen LogP contribution < -0.4 is 5.32 Å². The third-order valence-electron chi connectivity index (χ3n) is 3.29. The van der Waals surface area contributed by atoms with Gasteiger partial charge in [-0.1, -0.05) is 52.0 Å². The fraction of sp³-hybridized carbons (Fsp3) is 0.412. The van der Waals surface area contributed by atoms with Gasteiger partial charge in [0.25, 0.3) is 0 Å². The Hall–Kier alpha value is -1.74. The zero-order valence-corrected chi connectivity index (χ0v) is 12.8. The number of nitrogens with one attached hydrogen (secondary N) is 1. The molecule has 1 aromatic carbocycles. The zero-order chi connectivity index (χ0) is 14.6. The Bertz CT molecular complexity index is 553. The highest BCUT2D eigenvalue weighted by atomic mass is 15.0. The van der Waals surface area contributed by atoms with Gasteiger partial charge in [0.15, 0.2) is 0 Å². The molecule has 2 rings (SSSR count). The summed E-state index contributed by atoms with van der Waals surface area (Å²) in [6.07, 6.45) is 1.83. The van der Waals surface area contributed by atoms with Crippen molar-refractivity contribution in [1.29, 1.82) is 0 Å². The molecule has 1 N–H and O–H groups in total. The first kappa shape index (κ1) is 14.7. The van der Waals surface area contributed by atoms with Gasteiger partial charge in [0.1, 0.15) is 5.82 Å². The first-order valence-electron chi connectivity index (χ1n) is 7.14. The number of rotatable bonds is 4.